The number of benzene rings is 1. The summed E-state index contributed by atoms with van der Waals surface area (Å²) < 4.78 is 1.91. The molecule has 3 nitrogen and oxygen atoms in total. The molecule has 0 aliphatic heterocycles. The van der Waals surface area contributed by atoms with E-state index in [4.69, 9.17) is 0 Å². The van der Waals surface area contributed by atoms with Crippen LogP contribution in [0.15, 0.2) is 18.3 Å². The summed E-state index contributed by atoms with van der Waals surface area (Å²) in [6.45, 7) is 11.8. The van der Waals surface area contributed by atoms with Crippen LogP contribution < -0.4 is 5.32 Å². The van der Waals surface area contributed by atoms with E-state index in [1.54, 1.807) is 0 Å². The molecule has 2 rings (SSSR count). The third-order valence-corrected chi connectivity index (χ3v) is 4.13. The summed E-state index contributed by atoms with van der Waals surface area (Å²) in [6.07, 6.45) is 3.15. The summed E-state index contributed by atoms with van der Waals surface area (Å²) in [5.41, 5.74) is 7.99. The molecule has 0 amide bonds. The monoisotopic (exact) mass is 285 g/mol. The number of nitrogens with zero attached hydrogens (tertiary/aromatic N) is 2. The average molecular weight is 285 g/mol. The maximum absolute atomic E-state index is 4.49. The maximum Gasteiger partial charge on any atom is 0.0641 e. The predicted octanol–water partition coefficient (Wildman–Crippen LogP) is 3.55. The summed E-state index contributed by atoms with van der Waals surface area (Å²) in [5.74, 6) is 0. The van der Waals surface area contributed by atoms with Crippen LogP contribution in [0.3, 0.4) is 0 Å². The van der Waals surface area contributed by atoms with Crippen molar-refractivity contribution in [3.8, 4) is 0 Å². The lowest BCUT2D eigenvalue weighted by Gasteiger charge is -2.20. The van der Waals surface area contributed by atoms with Gasteiger partial charge < -0.3 is 5.32 Å². The van der Waals surface area contributed by atoms with Gasteiger partial charge >= 0.3 is 0 Å². The molecule has 1 heterocycles. The van der Waals surface area contributed by atoms with Crippen LogP contribution in [0, 0.1) is 27.7 Å². The lowest BCUT2D eigenvalue weighted by molar-refractivity contribution is 0.545. The van der Waals surface area contributed by atoms with Gasteiger partial charge in [0.15, 0.2) is 0 Å². The highest BCUT2D eigenvalue weighted by atomic mass is 15.3. The fourth-order valence-electron chi connectivity index (χ4n) is 3.23. The minimum atomic E-state index is 0.323. The van der Waals surface area contributed by atoms with Crippen molar-refractivity contribution in [2.75, 3.05) is 6.54 Å². The van der Waals surface area contributed by atoms with E-state index in [2.05, 4.69) is 63.4 Å². The van der Waals surface area contributed by atoms with Gasteiger partial charge in [0.2, 0.25) is 0 Å². The molecule has 0 bridgehead atoms. The summed E-state index contributed by atoms with van der Waals surface area (Å²) in [6, 6.07) is 4.88. The van der Waals surface area contributed by atoms with E-state index in [9.17, 15) is 0 Å². The lowest BCUT2D eigenvalue weighted by Crippen LogP contribution is -2.24. The lowest BCUT2D eigenvalue weighted by atomic mass is 9.92. The van der Waals surface area contributed by atoms with E-state index < -0.39 is 0 Å². The predicted molar refractivity (Wildman–Crippen MR) is 88.7 cm³/mol. The Balaban J connectivity index is 2.35. The quantitative estimate of drug-likeness (QED) is 0.910. The first-order chi connectivity index (χ1) is 9.92. The molecule has 1 atom stereocenters. The molecule has 1 aromatic heterocycles. The first-order valence-corrected chi connectivity index (χ1v) is 7.72. The van der Waals surface area contributed by atoms with Crippen molar-refractivity contribution < 1.29 is 0 Å². The molecule has 0 fully saturated rings. The van der Waals surface area contributed by atoms with E-state index >= 15 is 0 Å². The molecule has 1 unspecified atom stereocenters. The Hall–Kier alpha value is -1.61. The van der Waals surface area contributed by atoms with Gasteiger partial charge in [0.05, 0.1) is 5.69 Å². The number of nitrogens with one attached hydrogen (secondary N) is 1. The van der Waals surface area contributed by atoms with Crippen molar-refractivity contribution in [1.82, 2.24) is 15.1 Å². The number of hydrogen-bond donors (Lipinski definition) is 1. The molecule has 0 aliphatic carbocycles. The van der Waals surface area contributed by atoms with E-state index in [1.165, 1.54) is 27.8 Å². The Bertz CT molecular complexity index is 602. The van der Waals surface area contributed by atoms with Gasteiger partial charge in [0.25, 0.3) is 0 Å². The zero-order chi connectivity index (χ0) is 15.6. The highest BCUT2D eigenvalue weighted by Crippen LogP contribution is 2.25. The van der Waals surface area contributed by atoms with Crippen LogP contribution in [0.25, 0.3) is 0 Å². The molecule has 1 N–H and O–H groups in total. The fraction of sp³-hybridized carbons (Fsp3) is 0.500. The Morgan fingerprint density at radius 2 is 1.76 bits per heavy atom. The topological polar surface area (TPSA) is 29.9 Å². The highest BCUT2D eigenvalue weighted by molar-refractivity contribution is 5.39. The molecular formula is C18H27N3. The second-order valence-electron chi connectivity index (χ2n) is 6.04. The molecule has 0 saturated carbocycles. The number of likely N-dealkylation sites (N-methyl/N-ethyl adjacent to an activating group) is 1. The van der Waals surface area contributed by atoms with Gasteiger partial charge in [-0.05, 0) is 57.4 Å². The van der Waals surface area contributed by atoms with Crippen molar-refractivity contribution >= 4 is 0 Å². The van der Waals surface area contributed by atoms with Crippen molar-refractivity contribution in [1.29, 1.82) is 0 Å². The Kier molecular flexibility index (Phi) is 4.84. The van der Waals surface area contributed by atoms with Crippen LogP contribution in [-0.4, -0.2) is 16.3 Å². The molecule has 0 aliphatic rings. The van der Waals surface area contributed by atoms with Crippen molar-refractivity contribution in [3.63, 3.8) is 0 Å². The van der Waals surface area contributed by atoms with Gasteiger partial charge in [-0.3, -0.25) is 4.68 Å². The molecular weight excluding hydrogens is 258 g/mol. The fourth-order valence-corrected chi connectivity index (χ4v) is 3.23. The summed E-state index contributed by atoms with van der Waals surface area (Å²) in [4.78, 5) is 0. The van der Waals surface area contributed by atoms with Crippen LogP contribution in [0.4, 0.5) is 0 Å². The van der Waals surface area contributed by atoms with Crippen LogP contribution >= 0.6 is 0 Å². The van der Waals surface area contributed by atoms with E-state index in [-0.39, 0.29) is 0 Å². The molecule has 0 saturated heterocycles. The number of aromatic nitrogens is 2. The number of aryl methyl sites for hydroxylation is 5. The van der Waals surface area contributed by atoms with Crippen LogP contribution in [0.5, 0.6) is 0 Å². The highest BCUT2D eigenvalue weighted by Gasteiger charge is 2.18. The van der Waals surface area contributed by atoms with Crippen molar-refractivity contribution in [2.45, 2.75) is 47.1 Å². The van der Waals surface area contributed by atoms with E-state index in [0.29, 0.717) is 6.04 Å². The number of hydrogen-bond acceptors (Lipinski definition) is 2. The van der Waals surface area contributed by atoms with E-state index in [1.807, 2.05) is 11.7 Å². The van der Waals surface area contributed by atoms with Crippen LogP contribution in [-0.2, 0) is 13.5 Å². The van der Waals surface area contributed by atoms with Crippen molar-refractivity contribution in [3.05, 3.63) is 51.8 Å². The smallest absolute Gasteiger partial charge is 0.0641 e. The second-order valence-corrected chi connectivity index (χ2v) is 6.04. The third-order valence-electron chi connectivity index (χ3n) is 4.13. The van der Waals surface area contributed by atoms with Gasteiger partial charge in [-0.1, -0.05) is 24.6 Å². The minimum absolute atomic E-state index is 0.323. The first-order valence-electron chi connectivity index (χ1n) is 7.72. The van der Waals surface area contributed by atoms with Crippen LogP contribution in [0.1, 0.15) is 46.5 Å². The largest absolute Gasteiger partial charge is 0.310 e. The zero-order valence-corrected chi connectivity index (χ0v) is 14.1. The molecule has 1 aromatic carbocycles. The average Bonchev–Trinajstić information content (AvgIpc) is 2.71. The molecule has 2 aromatic rings. The molecule has 21 heavy (non-hydrogen) atoms. The summed E-state index contributed by atoms with van der Waals surface area (Å²) in [5, 5.41) is 8.11. The summed E-state index contributed by atoms with van der Waals surface area (Å²) in [7, 11) is 1.99. The minimum Gasteiger partial charge on any atom is -0.310 e. The Labute approximate surface area is 128 Å². The third kappa shape index (κ3) is 3.53. The van der Waals surface area contributed by atoms with Crippen molar-refractivity contribution in [2.24, 2.45) is 7.05 Å². The Morgan fingerprint density at radius 3 is 2.24 bits per heavy atom. The Morgan fingerprint density at radius 1 is 1.14 bits per heavy atom. The standard InChI is InChI=1S/C18H27N3/c1-7-19-18(17-11-21(6)20-15(17)5)10-16-13(3)8-12(2)9-14(16)4/h8-9,11,18-19H,7,10H2,1-6H3. The van der Waals surface area contributed by atoms with Gasteiger partial charge in [-0.2, -0.15) is 5.10 Å². The summed E-state index contributed by atoms with van der Waals surface area (Å²) >= 11 is 0. The van der Waals surface area contributed by atoms with Gasteiger partial charge in [-0.15, -0.1) is 0 Å². The van der Waals surface area contributed by atoms with Gasteiger partial charge in [0.1, 0.15) is 0 Å². The molecule has 114 valence electrons. The van der Waals surface area contributed by atoms with E-state index in [0.717, 1.165) is 18.7 Å². The maximum atomic E-state index is 4.49. The second kappa shape index (κ2) is 6.44. The van der Waals surface area contributed by atoms with Gasteiger partial charge in [-0.25, -0.2) is 0 Å². The normalized spacial score (nSPS) is 12.7. The molecule has 3 heteroatoms. The first kappa shape index (κ1) is 15.8. The van der Waals surface area contributed by atoms with Crippen LogP contribution in [0.2, 0.25) is 0 Å². The SMILES string of the molecule is CCNC(Cc1c(C)cc(C)cc1C)c1cn(C)nc1C. The zero-order valence-electron chi connectivity index (χ0n) is 14.1. The van der Waals surface area contributed by atoms with Gasteiger partial charge in [0, 0.05) is 24.8 Å². The number of rotatable bonds is 5. The molecule has 0 spiro atoms. The molecule has 0 radical (unpaired) electrons.